The van der Waals surface area contributed by atoms with E-state index in [0.717, 1.165) is 11.1 Å². The first-order chi connectivity index (χ1) is 15.0. The number of aromatic nitrogens is 1. The van der Waals surface area contributed by atoms with E-state index < -0.39 is 0 Å². The Balaban J connectivity index is 1.52. The lowest BCUT2D eigenvalue weighted by Crippen LogP contribution is -2.21. The van der Waals surface area contributed by atoms with Crippen LogP contribution in [0.4, 0.5) is 5.69 Å². The third-order valence-corrected chi connectivity index (χ3v) is 5.61. The Kier molecular flexibility index (Phi) is 8.20. The van der Waals surface area contributed by atoms with Crippen molar-refractivity contribution in [1.82, 2.24) is 10.4 Å². The van der Waals surface area contributed by atoms with Gasteiger partial charge in [0.1, 0.15) is 0 Å². The fourth-order valence-corrected chi connectivity index (χ4v) is 3.74. The maximum absolute atomic E-state index is 12.3. The van der Waals surface area contributed by atoms with Crippen LogP contribution in [-0.2, 0) is 10.5 Å². The molecule has 1 heterocycles. The molecule has 2 N–H and O–H groups in total. The average molecular weight is 453 g/mol. The second-order valence-electron chi connectivity index (χ2n) is 6.59. The third-order valence-electron chi connectivity index (χ3n) is 4.26. The van der Waals surface area contributed by atoms with Crippen LogP contribution >= 0.6 is 23.4 Å². The molecule has 3 rings (SSSR count). The third kappa shape index (κ3) is 6.94. The van der Waals surface area contributed by atoms with Gasteiger partial charge in [-0.15, -0.1) is 11.8 Å². The number of carbonyl (C=O) groups is 2. The molecular weight excluding hydrogens is 432 g/mol. The molecule has 0 radical (unpaired) electrons. The lowest BCUT2D eigenvalue weighted by atomic mass is 10.1. The number of hydrazone groups is 1. The molecule has 0 fully saturated rings. The minimum absolute atomic E-state index is 0.197. The summed E-state index contributed by atoms with van der Waals surface area (Å²) in [5.41, 5.74) is 6.07. The number of hydrogen-bond acceptors (Lipinski definition) is 5. The highest BCUT2D eigenvalue weighted by molar-refractivity contribution is 7.99. The van der Waals surface area contributed by atoms with Gasteiger partial charge in [0.25, 0.3) is 5.91 Å². The molecule has 0 aliphatic rings. The fourth-order valence-electron chi connectivity index (χ4n) is 2.63. The monoisotopic (exact) mass is 452 g/mol. The fraction of sp³-hybridized carbons (Fsp3) is 0.130. The molecule has 31 heavy (non-hydrogen) atoms. The highest BCUT2D eigenvalue weighted by atomic mass is 35.5. The molecule has 6 nitrogen and oxygen atoms in total. The summed E-state index contributed by atoms with van der Waals surface area (Å²) in [6.07, 6.45) is 3.12. The van der Waals surface area contributed by atoms with Crippen LogP contribution in [0.25, 0.3) is 0 Å². The molecule has 0 aliphatic heterocycles. The minimum Gasteiger partial charge on any atom is -0.322 e. The van der Waals surface area contributed by atoms with Gasteiger partial charge in [0.05, 0.1) is 17.0 Å². The molecule has 158 valence electrons. The molecule has 0 bridgehead atoms. The number of thioether (sulfide) groups is 1. The Bertz CT molecular complexity index is 1090. The largest absolute Gasteiger partial charge is 0.322 e. The number of pyridine rings is 1. The molecule has 0 saturated carbocycles. The Labute approximate surface area is 190 Å². The highest BCUT2D eigenvalue weighted by Crippen LogP contribution is 2.20. The van der Waals surface area contributed by atoms with Crippen LogP contribution < -0.4 is 10.7 Å². The van der Waals surface area contributed by atoms with Gasteiger partial charge in [-0.3, -0.25) is 14.6 Å². The smallest absolute Gasteiger partial charge is 0.257 e. The van der Waals surface area contributed by atoms with Crippen LogP contribution in [0.15, 0.2) is 78.2 Å². The molecule has 0 atom stereocenters. The van der Waals surface area contributed by atoms with Crippen molar-refractivity contribution in [2.75, 3.05) is 11.1 Å². The van der Waals surface area contributed by atoms with E-state index >= 15 is 0 Å². The molecule has 3 aromatic rings. The summed E-state index contributed by atoms with van der Waals surface area (Å²) in [6, 6.07) is 18.2. The van der Waals surface area contributed by atoms with Gasteiger partial charge >= 0.3 is 0 Å². The van der Waals surface area contributed by atoms with Gasteiger partial charge in [0.2, 0.25) is 5.91 Å². The van der Waals surface area contributed by atoms with E-state index in [1.807, 2.05) is 36.4 Å². The number of hydrogen-bond donors (Lipinski definition) is 2. The van der Waals surface area contributed by atoms with Crippen LogP contribution in [0.2, 0.25) is 5.02 Å². The standard InChI is InChI=1S/C23H21ClN4O2S/c1-16(27-28-22(29)15-31-14-19-6-2-3-10-21(19)24)17-7-4-9-20(12-17)26-23(30)18-8-5-11-25-13-18/h2-13H,14-15H2,1H3,(H,26,30)(H,28,29)/b27-16-. The van der Waals surface area contributed by atoms with Crippen LogP contribution in [0.3, 0.4) is 0 Å². The molecule has 0 spiro atoms. The van der Waals surface area contributed by atoms with E-state index in [-0.39, 0.29) is 17.6 Å². The summed E-state index contributed by atoms with van der Waals surface area (Å²) in [5, 5.41) is 7.70. The average Bonchev–Trinajstić information content (AvgIpc) is 2.79. The van der Waals surface area contributed by atoms with Crippen LogP contribution in [0.1, 0.15) is 28.4 Å². The Morgan fingerprint density at radius 3 is 2.65 bits per heavy atom. The molecular formula is C23H21ClN4O2S. The highest BCUT2D eigenvalue weighted by Gasteiger charge is 2.08. The zero-order chi connectivity index (χ0) is 22.1. The summed E-state index contributed by atoms with van der Waals surface area (Å²) in [7, 11) is 0. The quantitative estimate of drug-likeness (QED) is 0.381. The number of halogens is 1. The van der Waals surface area contributed by atoms with Gasteiger partial charge < -0.3 is 5.32 Å². The predicted molar refractivity (Wildman–Crippen MR) is 127 cm³/mol. The zero-order valence-corrected chi connectivity index (χ0v) is 18.4. The normalized spacial score (nSPS) is 11.1. The van der Waals surface area contributed by atoms with Gasteiger partial charge in [0.15, 0.2) is 0 Å². The molecule has 0 aliphatic carbocycles. The van der Waals surface area contributed by atoms with Crippen molar-refractivity contribution in [2.24, 2.45) is 5.10 Å². The summed E-state index contributed by atoms with van der Waals surface area (Å²) < 4.78 is 0. The predicted octanol–water partition coefficient (Wildman–Crippen LogP) is 4.76. The molecule has 8 heteroatoms. The number of anilines is 1. The number of rotatable bonds is 8. The van der Waals surface area contributed by atoms with E-state index in [0.29, 0.717) is 27.7 Å². The number of amides is 2. The van der Waals surface area contributed by atoms with Gasteiger partial charge in [-0.1, -0.05) is 41.9 Å². The van der Waals surface area contributed by atoms with E-state index in [1.54, 1.807) is 37.4 Å². The first kappa shape index (κ1) is 22.5. The van der Waals surface area contributed by atoms with Crippen molar-refractivity contribution in [3.63, 3.8) is 0 Å². The van der Waals surface area contributed by atoms with Crippen molar-refractivity contribution in [2.45, 2.75) is 12.7 Å². The van der Waals surface area contributed by atoms with Gasteiger partial charge in [-0.2, -0.15) is 5.10 Å². The van der Waals surface area contributed by atoms with Gasteiger partial charge in [-0.25, -0.2) is 5.43 Å². The summed E-state index contributed by atoms with van der Waals surface area (Å²) in [6.45, 7) is 1.79. The first-order valence-electron chi connectivity index (χ1n) is 9.49. The Morgan fingerprint density at radius 1 is 1.06 bits per heavy atom. The summed E-state index contributed by atoms with van der Waals surface area (Å²) >= 11 is 7.59. The lowest BCUT2D eigenvalue weighted by Gasteiger charge is -2.08. The topological polar surface area (TPSA) is 83.5 Å². The van der Waals surface area contributed by atoms with Crippen molar-refractivity contribution in [3.05, 3.63) is 94.8 Å². The second-order valence-corrected chi connectivity index (χ2v) is 7.99. The molecule has 2 amide bonds. The Morgan fingerprint density at radius 2 is 1.87 bits per heavy atom. The van der Waals surface area contributed by atoms with Crippen molar-refractivity contribution in [3.8, 4) is 0 Å². The number of carbonyl (C=O) groups excluding carboxylic acids is 2. The lowest BCUT2D eigenvalue weighted by molar-refractivity contribution is -0.118. The van der Waals surface area contributed by atoms with E-state index in [1.165, 1.54) is 18.0 Å². The maximum Gasteiger partial charge on any atom is 0.257 e. The zero-order valence-electron chi connectivity index (χ0n) is 16.8. The van der Waals surface area contributed by atoms with E-state index in [4.69, 9.17) is 11.6 Å². The maximum atomic E-state index is 12.3. The van der Waals surface area contributed by atoms with Crippen molar-refractivity contribution < 1.29 is 9.59 Å². The van der Waals surface area contributed by atoms with Crippen LogP contribution in [0, 0.1) is 0 Å². The molecule has 2 aromatic carbocycles. The van der Waals surface area contributed by atoms with Gasteiger partial charge in [0, 0.05) is 28.9 Å². The van der Waals surface area contributed by atoms with Crippen LogP contribution in [-0.4, -0.2) is 28.3 Å². The number of nitrogens with zero attached hydrogens (tertiary/aromatic N) is 2. The second kappa shape index (κ2) is 11.3. The van der Waals surface area contributed by atoms with Crippen molar-refractivity contribution in [1.29, 1.82) is 0 Å². The summed E-state index contributed by atoms with van der Waals surface area (Å²) in [5.74, 6) is 0.471. The van der Waals surface area contributed by atoms with E-state index in [2.05, 4.69) is 20.8 Å². The molecule has 0 unspecified atom stereocenters. The van der Waals surface area contributed by atoms with Gasteiger partial charge in [-0.05, 0) is 48.4 Å². The molecule has 1 aromatic heterocycles. The van der Waals surface area contributed by atoms with Crippen LogP contribution in [0.5, 0.6) is 0 Å². The van der Waals surface area contributed by atoms with E-state index in [9.17, 15) is 9.59 Å². The summed E-state index contributed by atoms with van der Waals surface area (Å²) in [4.78, 5) is 28.3. The first-order valence-corrected chi connectivity index (χ1v) is 11.0. The molecule has 0 saturated heterocycles. The number of nitrogens with one attached hydrogen (secondary N) is 2. The van der Waals surface area contributed by atoms with Crippen molar-refractivity contribution >= 4 is 46.6 Å². The number of benzene rings is 2. The SMILES string of the molecule is C/C(=N/NC(=O)CSCc1ccccc1Cl)c1cccc(NC(=O)c2cccnc2)c1. The Hall–Kier alpha value is -3.16. The minimum atomic E-state index is -0.247.